The zero-order chi connectivity index (χ0) is 17.8. The molecule has 1 aliphatic rings. The van der Waals surface area contributed by atoms with Crippen LogP contribution in [-0.4, -0.2) is 18.9 Å². The molecule has 130 valence electrons. The molecule has 2 N–H and O–H groups in total. The highest BCUT2D eigenvalue weighted by Crippen LogP contribution is 2.29. The average Bonchev–Trinajstić information content (AvgIpc) is 2.61. The minimum absolute atomic E-state index is 0.169. The highest BCUT2D eigenvalue weighted by Gasteiger charge is 2.15. The number of hydrogen-bond acceptors (Lipinski definition) is 3. The van der Waals surface area contributed by atoms with Crippen molar-refractivity contribution in [2.75, 3.05) is 17.7 Å². The van der Waals surface area contributed by atoms with E-state index < -0.39 is 0 Å². The molecule has 1 aliphatic carbocycles. The van der Waals surface area contributed by atoms with Crippen molar-refractivity contribution in [1.29, 1.82) is 0 Å². The van der Waals surface area contributed by atoms with Crippen LogP contribution in [0.2, 0.25) is 0 Å². The number of carbonyl (C=O) groups is 2. The number of aryl methyl sites for hydroxylation is 2. The standard InChI is InChI=1S/C20H22N2O3/c1-13(23)21-17-9-10-19(25-2)18(12-17)22-20(24)16-8-7-14-5-3-4-6-15(14)11-16/h7-12H,3-6H2,1-2H3,(H,21,23)(H,22,24). The van der Waals surface area contributed by atoms with Gasteiger partial charge in [0.15, 0.2) is 0 Å². The maximum Gasteiger partial charge on any atom is 0.255 e. The molecule has 5 heteroatoms. The van der Waals surface area contributed by atoms with E-state index in [1.807, 2.05) is 18.2 Å². The van der Waals surface area contributed by atoms with Gasteiger partial charge in [-0.3, -0.25) is 9.59 Å². The monoisotopic (exact) mass is 338 g/mol. The molecular formula is C20H22N2O3. The minimum Gasteiger partial charge on any atom is -0.495 e. The summed E-state index contributed by atoms with van der Waals surface area (Å²) in [6, 6.07) is 11.0. The van der Waals surface area contributed by atoms with Gasteiger partial charge in [-0.2, -0.15) is 0 Å². The highest BCUT2D eigenvalue weighted by molar-refractivity contribution is 6.05. The third-order valence-electron chi connectivity index (χ3n) is 4.38. The molecule has 0 fully saturated rings. The van der Waals surface area contributed by atoms with Gasteiger partial charge in [0.25, 0.3) is 5.91 Å². The fraction of sp³-hybridized carbons (Fsp3) is 0.300. The lowest BCUT2D eigenvalue weighted by Gasteiger charge is -2.17. The molecule has 0 bridgehead atoms. The number of benzene rings is 2. The van der Waals surface area contributed by atoms with Crippen LogP contribution in [0.25, 0.3) is 0 Å². The number of carbonyl (C=O) groups excluding carboxylic acids is 2. The van der Waals surface area contributed by atoms with Crippen LogP contribution in [0.4, 0.5) is 11.4 Å². The second-order valence-electron chi connectivity index (χ2n) is 6.24. The smallest absolute Gasteiger partial charge is 0.255 e. The largest absolute Gasteiger partial charge is 0.495 e. The van der Waals surface area contributed by atoms with E-state index in [4.69, 9.17) is 4.74 Å². The summed E-state index contributed by atoms with van der Waals surface area (Å²) in [6.45, 7) is 1.44. The normalized spacial score (nSPS) is 12.9. The predicted octanol–water partition coefficient (Wildman–Crippen LogP) is 3.78. The van der Waals surface area contributed by atoms with Gasteiger partial charge in [0.05, 0.1) is 12.8 Å². The lowest BCUT2D eigenvalue weighted by atomic mass is 9.90. The van der Waals surface area contributed by atoms with Gasteiger partial charge < -0.3 is 15.4 Å². The van der Waals surface area contributed by atoms with E-state index in [-0.39, 0.29) is 11.8 Å². The third-order valence-corrected chi connectivity index (χ3v) is 4.38. The van der Waals surface area contributed by atoms with Crippen molar-refractivity contribution < 1.29 is 14.3 Å². The van der Waals surface area contributed by atoms with Gasteiger partial charge >= 0.3 is 0 Å². The summed E-state index contributed by atoms with van der Waals surface area (Å²) in [5, 5.41) is 5.59. The van der Waals surface area contributed by atoms with E-state index in [2.05, 4.69) is 10.6 Å². The molecule has 0 saturated carbocycles. The summed E-state index contributed by atoms with van der Waals surface area (Å²) in [6.07, 6.45) is 4.50. The molecule has 2 aromatic rings. The summed E-state index contributed by atoms with van der Waals surface area (Å²) in [5.74, 6) is 0.184. The molecule has 0 aromatic heterocycles. The number of rotatable bonds is 4. The van der Waals surface area contributed by atoms with Crippen LogP contribution in [0, 0.1) is 0 Å². The fourth-order valence-electron chi connectivity index (χ4n) is 3.16. The van der Waals surface area contributed by atoms with Crippen molar-refractivity contribution in [3.8, 4) is 5.75 Å². The van der Waals surface area contributed by atoms with E-state index in [1.165, 1.54) is 30.9 Å². The van der Waals surface area contributed by atoms with E-state index in [0.717, 1.165) is 12.8 Å². The Kier molecular flexibility index (Phi) is 5.03. The number of nitrogens with one attached hydrogen (secondary N) is 2. The lowest BCUT2D eigenvalue weighted by molar-refractivity contribution is -0.114. The lowest BCUT2D eigenvalue weighted by Crippen LogP contribution is -2.15. The van der Waals surface area contributed by atoms with Crippen molar-refractivity contribution in [2.45, 2.75) is 32.6 Å². The van der Waals surface area contributed by atoms with Crippen molar-refractivity contribution >= 4 is 23.2 Å². The van der Waals surface area contributed by atoms with Gasteiger partial charge in [0, 0.05) is 18.2 Å². The fourth-order valence-corrected chi connectivity index (χ4v) is 3.16. The predicted molar refractivity (Wildman–Crippen MR) is 98.3 cm³/mol. The van der Waals surface area contributed by atoms with E-state index >= 15 is 0 Å². The highest BCUT2D eigenvalue weighted by atomic mass is 16.5. The van der Waals surface area contributed by atoms with Crippen molar-refractivity contribution in [3.63, 3.8) is 0 Å². The summed E-state index contributed by atoms with van der Waals surface area (Å²) in [7, 11) is 1.54. The Morgan fingerprint density at radius 2 is 1.72 bits per heavy atom. The molecule has 0 spiro atoms. The van der Waals surface area contributed by atoms with Gasteiger partial charge in [0.1, 0.15) is 5.75 Å². The molecule has 0 saturated heterocycles. The van der Waals surface area contributed by atoms with Crippen molar-refractivity contribution in [3.05, 3.63) is 53.1 Å². The van der Waals surface area contributed by atoms with Crippen molar-refractivity contribution in [2.24, 2.45) is 0 Å². The summed E-state index contributed by atoms with van der Waals surface area (Å²) < 4.78 is 5.31. The quantitative estimate of drug-likeness (QED) is 0.891. The van der Waals surface area contributed by atoms with Crippen LogP contribution < -0.4 is 15.4 Å². The maximum atomic E-state index is 12.6. The Morgan fingerprint density at radius 1 is 0.960 bits per heavy atom. The van der Waals surface area contributed by atoms with Gasteiger partial charge in [-0.15, -0.1) is 0 Å². The van der Waals surface area contributed by atoms with Gasteiger partial charge in [-0.05, 0) is 67.1 Å². The Balaban J connectivity index is 1.83. The first-order valence-electron chi connectivity index (χ1n) is 8.45. The topological polar surface area (TPSA) is 67.4 Å². The van der Waals surface area contributed by atoms with Crippen LogP contribution in [0.1, 0.15) is 41.3 Å². The number of hydrogen-bond donors (Lipinski definition) is 2. The molecule has 5 nitrogen and oxygen atoms in total. The molecule has 0 atom stereocenters. The Morgan fingerprint density at radius 3 is 2.44 bits per heavy atom. The first-order chi connectivity index (χ1) is 12.1. The van der Waals surface area contributed by atoms with Crippen LogP contribution in [0.5, 0.6) is 5.75 Å². The third kappa shape index (κ3) is 3.99. The van der Waals surface area contributed by atoms with Crippen LogP contribution in [-0.2, 0) is 17.6 Å². The van der Waals surface area contributed by atoms with E-state index in [9.17, 15) is 9.59 Å². The van der Waals surface area contributed by atoms with E-state index in [1.54, 1.807) is 25.3 Å². The zero-order valence-electron chi connectivity index (χ0n) is 14.5. The van der Waals surface area contributed by atoms with Gasteiger partial charge in [0.2, 0.25) is 5.91 Å². The first kappa shape index (κ1) is 17.0. The number of anilines is 2. The molecule has 2 aromatic carbocycles. The zero-order valence-corrected chi connectivity index (χ0v) is 14.5. The molecule has 2 amide bonds. The van der Waals surface area contributed by atoms with Crippen LogP contribution >= 0.6 is 0 Å². The molecule has 0 radical (unpaired) electrons. The van der Waals surface area contributed by atoms with Gasteiger partial charge in [-0.25, -0.2) is 0 Å². The maximum absolute atomic E-state index is 12.6. The Bertz CT molecular complexity index is 815. The molecule has 0 aliphatic heterocycles. The number of amides is 2. The molecule has 3 rings (SSSR count). The van der Waals surface area contributed by atoms with Gasteiger partial charge in [-0.1, -0.05) is 6.07 Å². The summed E-state index contributed by atoms with van der Waals surface area (Å²) in [5.41, 5.74) is 4.36. The molecule has 0 unspecified atom stereocenters. The molecule has 25 heavy (non-hydrogen) atoms. The number of fused-ring (bicyclic) bond motifs is 1. The number of ether oxygens (including phenoxy) is 1. The van der Waals surface area contributed by atoms with Crippen LogP contribution in [0.3, 0.4) is 0 Å². The van der Waals surface area contributed by atoms with Crippen molar-refractivity contribution in [1.82, 2.24) is 0 Å². The minimum atomic E-state index is -0.188. The van der Waals surface area contributed by atoms with Crippen LogP contribution in [0.15, 0.2) is 36.4 Å². The summed E-state index contributed by atoms with van der Waals surface area (Å²) in [4.78, 5) is 23.9. The Hall–Kier alpha value is -2.82. The molecule has 0 heterocycles. The average molecular weight is 338 g/mol. The number of methoxy groups -OCH3 is 1. The Labute approximate surface area is 147 Å². The van der Waals surface area contributed by atoms with E-state index in [0.29, 0.717) is 22.7 Å². The SMILES string of the molecule is COc1ccc(NC(C)=O)cc1NC(=O)c1ccc2c(c1)CCCC2. The first-order valence-corrected chi connectivity index (χ1v) is 8.45. The second kappa shape index (κ2) is 7.38. The molecular weight excluding hydrogens is 316 g/mol. The summed E-state index contributed by atoms with van der Waals surface area (Å²) >= 11 is 0. The second-order valence-corrected chi connectivity index (χ2v) is 6.24.